The molecule has 0 heterocycles. The molecular formula is C12H17N. The molecule has 0 aromatic rings. The Balaban J connectivity index is 2.22. The number of allylic oxidation sites excluding steroid dienone is 3. The first-order valence-electron chi connectivity index (χ1n) is 5.01. The van der Waals surface area contributed by atoms with Crippen LogP contribution in [0.1, 0.15) is 26.7 Å². The third-order valence-electron chi connectivity index (χ3n) is 2.87. The van der Waals surface area contributed by atoms with Crippen molar-refractivity contribution in [2.24, 2.45) is 11.7 Å². The summed E-state index contributed by atoms with van der Waals surface area (Å²) < 4.78 is 0. The largest absolute Gasteiger partial charge is 0.321 e. The van der Waals surface area contributed by atoms with Crippen molar-refractivity contribution in [1.82, 2.24) is 0 Å². The van der Waals surface area contributed by atoms with E-state index in [1.807, 2.05) is 0 Å². The zero-order chi connectivity index (χ0) is 9.42. The van der Waals surface area contributed by atoms with E-state index in [4.69, 9.17) is 5.73 Å². The van der Waals surface area contributed by atoms with Crippen molar-refractivity contribution in [1.29, 1.82) is 0 Å². The van der Waals surface area contributed by atoms with E-state index in [-0.39, 0.29) is 6.04 Å². The average Bonchev–Trinajstić information content (AvgIpc) is 2.84. The van der Waals surface area contributed by atoms with Crippen LogP contribution in [-0.2, 0) is 0 Å². The molecule has 0 bridgehead atoms. The molecule has 70 valence electrons. The van der Waals surface area contributed by atoms with Crippen LogP contribution in [0.5, 0.6) is 0 Å². The van der Waals surface area contributed by atoms with E-state index in [1.165, 1.54) is 29.6 Å². The number of nitrogens with two attached hydrogens (primary N) is 1. The Hall–Kier alpha value is -0.820. The van der Waals surface area contributed by atoms with E-state index in [2.05, 4.69) is 32.1 Å². The maximum Gasteiger partial charge on any atom is 0.0483 e. The van der Waals surface area contributed by atoms with Gasteiger partial charge in [0.15, 0.2) is 0 Å². The molecule has 0 aromatic heterocycles. The minimum Gasteiger partial charge on any atom is -0.321 e. The molecule has 0 saturated heterocycles. The SMILES string of the molecule is CC1=C/C(=C/C2CC2)C(N)C=C1C. The van der Waals surface area contributed by atoms with Gasteiger partial charge in [0.25, 0.3) is 0 Å². The van der Waals surface area contributed by atoms with Crippen LogP contribution in [0.4, 0.5) is 0 Å². The molecule has 0 spiro atoms. The Morgan fingerprint density at radius 2 is 2.00 bits per heavy atom. The number of hydrogen-bond donors (Lipinski definition) is 1. The van der Waals surface area contributed by atoms with E-state index in [0.717, 1.165) is 5.92 Å². The van der Waals surface area contributed by atoms with Crippen LogP contribution < -0.4 is 5.73 Å². The second-order valence-corrected chi connectivity index (χ2v) is 4.21. The van der Waals surface area contributed by atoms with Gasteiger partial charge in [-0.1, -0.05) is 23.8 Å². The van der Waals surface area contributed by atoms with Gasteiger partial charge in [0, 0.05) is 6.04 Å². The molecular weight excluding hydrogens is 158 g/mol. The monoisotopic (exact) mass is 175 g/mol. The summed E-state index contributed by atoms with van der Waals surface area (Å²) in [4.78, 5) is 0. The summed E-state index contributed by atoms with van der Waals surface area (Å²) in [7, 11) is 0. The first-order chi connectivity index (χ1) is 6.16. The molecule has 0 aromatic carbocycles. The van der Waals surface area contributed by atoms with Crippen LogP contribution in [0.3, 0.4) is 0 Å². The van der Waals surface area contributed by atoms with E-state index in [0.29, 0.717) is 0 Å². The van der Waals surface area contributed by atoms with E-state index >= 15 is 0 Å². The van der Waals surface area contributed by atoms with Crippen molar-refractivity contribution in [2.45, 2.75) is 32.7 Å². The molecule has 2 aliphatic rings. The summed E-state index contributed by atoms with van der Waals surface area (Å²) in [6.07, 6.45) is 9.44. The summed E-state index contributed by atoms with van der Waals surface area (Å²) >= 11 is 0. The summed E-state index contributed by atoms with van der Waals surface area (Å²) in [5.41, 5.74) is 10.0. The van der Waals surface area contributed by atoms with E-state index in [9.17, 15) is 0 Å². The lowest BCUT2D eigenvalue weighted by molar-refractivity contribution is 0.922. The maximum atomic E-state index is 6.02. The Morgan fingerprint density at radius 1 is 1.31 bits per heavy atom. The Bertz CT molecular complexity index is 303. The van der Waals surface area contributed by atoms with Gasteiger partial charge in [0.2, 0.25) is 0 Å². The zero-order valence-electron chi connectivity index (χ0n) is 8.38. The van der Waals surface area contributed by atoms with Crippen molar-refractivity contribution >= 4 is 0 Å². The first-order valence-corrected chi connectivity index (χ1v) is 5.01. The van der Waals surface area contributed by atoms with Crippen molar-refractivity contribution in [3.8, 4) is 0 Å². The fourth-order valence-corrected chi connectivity index (χ4v) is 1.65. The zero-order valence-corrected chi connectivity index (χ0v) is 8.38. The predicted octanol–water partition coefficient (Wildman–Crippen LogP) is 2.56. The minimum absolute atomic E-state index is 0.129. The summed E-state index contributed by atoms with van der Waals surface area (Å²) in [5, 5.41) is 0. The second kappa shape index (κ2) is 3.15. The quantitative estimate of drug-likeness (QED) is 0.651. The van der Waals surface area contributed by atoms with Crippen LogP contribution in [0.15, 0.2) is 34.9 Å². The van der Waals surface area contributed by atoms with Crippen LogP contribution in [0.25, 0.3) is 0 Å². The maximum absolute atomic E-state index is 6.02. The van der Waals surface area contributed by atoms with E-state index in [1.54, 1.807) is 0 Å². The second-order valence-electron chi connectivity index (χ2n) is 4.21. The van der Waals surface area contributed by atoms with Crippen LogP contribution in [0.2, 0.25) is 0 Å². The standard InChI is InChI=1S/C12H17N/c1-8-5-11(7-10-3-4-10)12(13)6-9(8)2/h5-7,10,12H,3-4,13H2,1-2H3/b11-7-. The van der Waals surface area contributed by atoms with Crippen molar-refractivity contribution in [3.05, 3.63) is 34.9 Å². The molecule has 1 nitrogen and oxygen atoms in total. The topological polar surface area (TPSA) is 26.0 Å². The van der Waals surface area contributed by atoms with Gasteiger partial charge in [-0.15, -0.1) is 0 Å². The molecule has 13 heavy (non-hydrogen) atoms. The van der Waals surface area contributed by atoms with Gasteiger partial charge < -0.3 is 5.73 Å². The third-order valence-corrected chi connectivity index (χ3v) is 2.87. The van der Waals surface area contributed by atoms with Crippen molar-refractivity contribution in [2.75, 3.05) is 0 Å². The van der Waals surface area contributed by atoms with Crippen LogP contribution in [-0.4, -0.2) is 6.04 Å². The number of hydrogen-bond acceptors (Lipinski definition) is 1. The fourth-order valence-electron chi connectivity index (χ4n) is 1.65. The van der Waals surface area contributed by atoms with Gasteiger partial charge in [-0.05, 0) is 43.8 Å². The molecule has 2 aliphatic carbocycles. The van der Waals surface area contributed by atoms with Gasteiger partial charge in [0.1, 0.15) is 0 Å². The molecule has 1 unspecified atom stereocenters. The highest BCUT2D eigenvalue weighted by atomic mass is 14.6. The van der Waals surface area contributed by atoms with Gasteiger partial charge >= 0.3 is 0 Å². The van der Waals surface area contributed by atoms with Gasteiger partial charge in [0.05, 0.1) is 0 Å². The Morgan fingerprint density at radius 3 is 2.62 bits per heavy atom. The highest BCUT2D eigenvalue weighted by Crippen LogP contribution is 2.33. The fraction of sp³-hybridized carbons (Fsp3) is 0.500. The van der Waals surface area contributed by atoms with Gasteiger partial charge in [-0.3, -0.25) is 0 Å². The highest BCUT2D eigenvalue weighted by Gasteiger charge is 2.21. The summed E-state index contributed by atoms with van der Waals surface area (Å²) in [6.45, 7) is 4.28. The third kappa shape index (κ3) is 1.92. The van der Waals surface area contributed by atoms with Crippen LogP contribution >= 0.6 is 0 Å². The molecule has 0 aliphatic heterocycles. The molecule has 0 amide bonds. The summed E-state index contributed by atoms with van der Waals surface area (Å²) in [5.74, 6) is 0.817. The molecule has 0 radical (unpaired) electrons. The predicted molar refractivity (Wildman–Crippen MR) is 56.3 cm³/mol. The van der Waals surface area contributed by atoms with Gasteiger partial charge in [-0.2, -0.15) is 0 Å². The molecule has 2 rings (SSSR count). The summed E-state index contributed by atoms with van der Waals surface area (Å²) in [6, 6.07) is 0.129. The average molecular weight is 175 g/mol. The first kappa shape index (κ1) is 8.76. The molecule has 1 fully saturated rings. The Labute approximate surface area is 80.0 Å². The van der Waals surface area contributed by atoms with Crippen molar-refractivity contribution < 1.29 is 0 Å². The molecule has 1 saturated carbocycles. The molecule has 1 heteroatoms. The lowest BCUT2D eigenvalue weighted by Gasteiger charge is -2.17. The van der Waals surface area contributed by atoms with Crippen LogP contribution in [0, 0.1) is 5.92 Å². The molecule has 1 atom stereocenters. The minimum atomic E-state index is 0.129. The van der Waals surface area contributed by atoms with Crippen molar-refractivity contribution in [3.63, 3.8) is 0 Å². The van der Waals surface area contributed by atoms with Gasteiger partial charge in [-0.25, -0.2) is 0 Å². The molecule has 2 N–H and O–H groups in total. The lowest BCUT2D eigenvalue weighted by Crippen LogP contribution is -2.22. The Kier molecular flexibility index (Phi) is 2.12. The smallest absolute Gasteiger partial charge is 0.0483 e. The highest BCUT2D eigenvalue weighted by molar-refractivity contribution is 5.45. The lowest BCUT2D eigenvalue weighted by atomic mass is 9.92. The van der Waals surface area contributed by atoms with E-state index < -0.39 is 0 Å². The normalized spacial score (nSPS) is 31.6. The number of rotatable bonds is 1.